The summed E-state index contributed by atoms with van der Waals surface area (Å²) in [5.74, 6) is 0. The van der Waals surface area contributed by atoms with Crippen molar-refractivity contribution >= 4 is 10.2 Å². The summed E-state index contributed by atoms with van der Waals surface area (Å²) in [6, 6.07) is 0.407. The Balaban J connectivity index is 1.79. The van der Waals surface area contributed by atoms with Crippen molar-refractivity contribution in [2.45, 2.75) is 44.8 Å². The lowest BCUT2D eigenvalue weighted by Crippen LogP contribution is -2.61. The summed E-state index contributed by atoms with van der Waals surface area (Å²) in [5, 5.41) is 0. The van der Waals surface area contributed by atoms with Gasteiger partial charge in [-0.25, -0.2) is 0 Å². The van der Waals surface area contributed by atoms with E-state index in [0.29, 0.717) is 32.3 Å². The minimum absolute atomic E-state index is 0.0596. The van der Waals surface area contributed by atoms with Crippen LogP contribution < -0.4 is 0 Å². The molecule has 0 aromatic heterocycles. The van der Waals surface area contributed by atoms with Crippen molar-refractivity contribution in [2.75, 3.05) is 39.4 Å². The molecule has 0 radical (unpaired) electrons. The van der Waals surface area contributed by atoms with Crippen LogP contribution in [0.25, 0.3) is 0 Å². The number of hydrogen-bond acceptors (Lipinski definition) is 4. The first-order valence-electron chi connectivity index (χ1n) is 7.60. The fourth-order valence-corrected chi connectivity index (χ4v) is 5.64. The molecule has 0 saturated carbocycles. The third-order valence-corrected chi connectivity index (χ3v) is 7.02. The topological polar surface area (TPSA) is 53.1 Å². The van der Waals surface area contributed by atoms with Gasteiger partial charge in [-0.05, 0) is 33.2 Å². The molecule has 0 aromatic carbocycles. The van der Waals surface area contributed by atoms with Crippen LogP contribution in [-0.4, -0.2) is 79.4 Å². The van der Waals surface area contributed by atoms with Gasteiger partial charge in [-0.1, -0.05) is 0 Å². The van der Waals surface area contributed by atoms with Gasteiger partial charge in [0.15, 0.2) is 0 Å². The van der Waals surface area contributed by atoms with Crippen LogP contribution >= 0.6 is 0 Å². The summed E-state index contributed by atoms with van der Waals surface area (Å²) >= 11 is 0. The van der Waals surface area contributed by atoms with Crippen molar-refractivity contribution in [1.29, 1.82) is 0 Å². The zero-order valence-electron chi connectivity index (χ0n) is 12.4. The van der Waals surface area contributed by atoms with Crippen molar-refractivity contribution < 1.29 is 13.2 Å². The highest BCUT2D eigenvalue weighted by Gasteiger charge is 2.43. The Hall–Kier alpha value is -0.210. The van der Waals surface area contributed by atoms with Gasteiger partial charge in [-0.3, -0.25) is 4.90 Å². The Morgan fingerprint density at radius 2 is 1.85 bits per heavy atom. The number of morpholine rings is 1. The van der Waals surface area contributed by atoms with Crippen molar-refractivity contribution in [3.05, 3.63) is 0 Å². The van der Waals surface area contributed by atoms with Gasteiger partial charge in [0, 0.05) is 37.8 Å². The summed E-state index contributed by atoms with van der Waals surface area (Å²) in [6.07, 6.45) is 2.32. The molecule has 0 spiro atoms. The van der Waals surface area contributed by atoms with Crippen LogP contribution in [0.15, 0.2) is 0 Å². The molecule has 3 fully saturated rings. The standard InChI is InChI=1S/C13H25N3O3S/c1-11-8-14-5-3-4-13(14)9-16(11)20(17,18)15-6-7-19-10-12(15)2/h11-13H,3-10H2,1-2H3/t11-,12-,13-/m1/s1. The van der Waals surface area contributed by atoms with E-state index in [1.165, 1.54) is 6.42 Å². The van der Waals surface area contributed by atoms with E-state index in [2.05, 4.69) is 4.90 Å². The lowest BCUT2D eigenvalue weighted by Gasteiger charge is -2.44. The van der Waals surface area contributed by atoms with E-state index in [-0.39, 0.29) is 12.1 Å². The van der Waals surface area contributed by atoms with Crippen LogP contribution in [0, 0.1) is 0 Å². The summed E-state index contributed by atoms with van der Waals surface area (Å²) in [7, 11) is -3.36. The first kappa shape index (κ1) is 14.7. The molecule has 0 bridgehead atoms. The molecular formula is C13H25N3O3S. The maximum Gasteiger partial charge on any atom is 0.282 e. The molecule has 116 valence electrons. The average Bonchev–Trinajstić information content (AvgIpc) is 2.85. The highest BCUT2D eigenvalue weighted by atomic mass is 32.2. The Labute approximate surface area is 121 Å². The summed E-state index contributed by atoms with van der Waals surface area (Å²) < 4.78 is 34.6. The molecule has 0 unspecified atom stereocenters. The monoisotopic (exact) mass is 303 g/mol. The molecule has 20 heavy (non-hydrogen) atoms. The minimum atomic E-state index is -3.36. The van der Waals surface area contributed by atoms with E-state index in [9.17, 15) is 8.42 Å². The predicted octanol–water partition coefficient (Wildman–Crippen LogP) is 0.120. The van der Waals surface area contributed by atoms with E-state index in [4.69, 9.17) is 4.74 Å². The van der Waals surface area contributed by atoms with Crippen molar-refractivity contribution in [1.82, 2.24) is 13.5 Å². The normalized spacial score (nSPS) is 38.0. The third-order valence-electron chi connectivity index (χ3n) is 4.78. The van der Waals surface area contributed by atoms with Gasteiger partial charge in [0.1, 0.15) is 0 Å². The first-order chi connectivity index (χ1) is 9.50. The number of nitrogens with zero attached hydrogens (tertiary/aromatic N) is 3. The van der Waals surface area contributed by atoms with E-state index >= 15 is 0 Å². The summed E-state index contributed by atoms with van der Waals surface area (Å²) in [5.41, 5.74) is 0. The number of ether oxygens (including phenoxy) is 1. The molecule has 0 aliphatic carbocycles. The van der Waals surface area contributed by atoms with E-state index < -0.39 is 10.2 Å². The average molecular weight is 303 g/mol. The second-order valence-corrected chi connectivity index (χ2v) is 8.09. The number of piperazine rings is 1. The quantitative estimate of drug-likeness (QED) is 0.727. The zero-order chi connectivity index (χ0) is 14.3. The van der Waals surface area contributed by atoms with E-state index in [0.717, 1.165) is 19.5 Å². The molecule has 3 saturated heterocycles. The number of hydrogen-bond donors (Lipinski definition) is 0. The molecule has 6 nitrogen and oxygen atoms in total. The van der Waals surface area contributed by atoms with Crippen LogP contribution in [0.2, 0.25) is 0 Å². The maximum absolute atomic E-state index is 12.9. The van der Waals surface area contributed by atoms with Crippen LogP contribution in [0.4, 0.5) is 0 Å². The second kappa shape index (κ2) is 5.53. The van der Waals surface area contributed by atoms with Gasteiger partial charge in [-0.2, -0.15) is 17.0 Å². The Kier molecular flexibility index (Phi) is 4.07. The van der Waals surface area contributed by atoms with Gasteiger partial charge < -0.3 is 4.74 Å². The molecule has 0 N–H and O–H groups in total. The Morgan fingerprint density at radius 1 is 1.05 bits per heavy atom. The van der Waals surface area contributed by atoms with Gasteiger partial charge in [0.2, 0.25) is 0 Å². The van der Waals surface area contributed by atoms with Crippen molar-refractivity contribution in [2.24, 2.45) is 0 Å². The Bertz CT molecular complexity index is 456. The molecular weight excluding hydrogens is 278 g/mol. The fraction of sp³-hybridized carbons (Fsp3) is 1.00. The molecule has 3 atom stereocenters. The molecule has 3 rings (SSSR count). The number of fused-ring (bicyclic) bond motifs is 1. The van der Waals surface area contributed by atoms with Gasteiger partial charge in [0.25, 0.3) is 10.2 Å². The van der Waals surface area contributed by atoms with Crippen molar-refractivity contribution in [3.8, 4) is 0 Å². The van der Waals surface area contributed by atoms with E-state index in [1.807, 2.05) is 13.8 Å². The largest absolute Gasteiger partial charge is 0.378 e. The second-order valence-electron chi connectivity index (χ2n) is 6.25. The smallest absolute Gasteiger partial charge is 0.282 e. The molecule has 3 heterocycles. The predicted molar refractivity (Wildman–Crippen MR) is 76.7 cm³/mol. The van der Waals surface area contributed by atoms with Crippen LogP contribution in [0.3, 0.4) is 0 Å². The van der Waals surface area contributed by atoms with Crippen LogP contribution in [0.1, 0.15) is 26.7 Å². The molecule has 3 aliphatic heterocycles. The number of rotatable bonds is 2. The van der Waals surface area contributed by atoms with Gasteiger partial charge in [0.05, 0.1) is 13.2 Å². The zero-order valence-corrected chi connectivity index (χ0v) is 13.2. The van der Waals surface area contributed by atoms with Crippen LogP contribution in [0.5, 0.6) is 0 Å². The molecule has 7 heteroatoms. The summed E-state index contributed by atoms with van der Waals surface area (Å²) in [6.45, 7) is 8.05. The molecule has 0 amide bonds. The summed E-state index contributed by atoms with van der Waals surface area (Å²) in [4.78, 5) is 2.44. The lowest BCUT2D eigenvalue weighted by molar-refractivity contribution is 0.0319. The maximum atomic E-state index is 12.9. The third kappa shape index (κ3) is 2.50. The van der Waals surface area contributed by atoms with E-state index in [1.54, 1.807) is 8.61 Å². The molecule has 3 aliphatic rings. The SMILES string of the molecule is C[C@@H]1COCCN1S(=O)(=O)N1C[C@H]2CCCN2C[C@H]1C. The Morgan fingerprint density at radius 3 is 2.60 bits per heavy atom. The first-order valence-corrected chi connectivity index (χ1v) is 9.00. The van der Waals surface area contributed by atoms with Gasteiger partial charge >= 0.3 is 0 Å². The van der Waals surface area contributed by atoms with Gasteiger partial charge in [-0.15, -0.1) is 0 Å². The lowest BCUT2D eigenvalue weighted by atomic mass is 10.1. The molecule has 0 aromatic rings. The fourth-order valence-electron chi connectivity index (χ4n) is 3.67. The van der Waals surface area contributed by atoms with Crippen LogP contribution in [-0.2, 0) is 14.9 Å². The minimum Gasteiger partial charge on any atom is -0.378 e. The highest BCUT2D eigenvalue weighted by molar-refractivity contribution is 7.86. The highest BCUT2D eigenvalue weighted by Crippen LogP contribution is 2.28. The van der Waals surface area contributed by atoms with Crippen molar-refractivity contribution in [3.63, 3.8) is 0 Å².